The molecule has 1 N–H and O–H groups in total. The van der Waals surface area contributed by atoms with E-state index >= 15 is 0 Å². The van der Waals surface area contributed by atoms with Crippen molar-refractivity contribution in [3.8, 4) is 0 Å². The first-order chi connectivity index (χ1) is 9.69. The number of hydrogen-bond donors (Lipinski definition) is 1. The fourth-order valence-electron chi connectivity index (χ4n) is 2.81. The minimum Gasteiger partial charge on any atom is -0.469 e. The normalized spacial score (nSPS) is 24.2. The summed E-state index contributed by atoms with van der Waals surface area (Å²) in [6.45, 7) is 1.50. The molecule has 0 aromatic rings. The lowest BCUT2D eigenvalue weighted by Gasteiger charge is -2.34. The number of nitrogens with zero attached hydrogens (tertiary/aromatic N) is 1. The predicted molar refractivity (Wildman–Crippen MR) is 73.4 cm³/mol. The second-order valence-electron chi connectivity index (χ2n) is 5.50. The number of rotatable bonds is 3. The highest BCUT2D eigenvalue weighted by Crippen LogP contribution is 2.18. The van der Waals surface area contributed by atoms with Gasteiger partial charge in [0.15, 0.2) is 0 Å². The molecule has 2 fully saturated rings. The summed E-state index contributed by atoms with van der Waals surface area (Å²) in [4.78, 5) is 25.2. The molecule has 1 saturated carbocycles. The molecule has 1 aliphatic carbocycles. The lowest BCUT2D eigenvalue weighted by atomic mass is 9.96. The largest absolute Gasteiger partial charge is 0.469 e. The van der Waals surface area contributed by atoms with E-state index < -0.39 is 0 Å². The average molecular weight is 284 g/mol. The van der Waals surface area contributed by atoms with Gasteiger partial charge in [0.1, 0.15) is 0 Å². The van der Waals surface area contributed by atoms with E-state index in [0.717, 1.165) is 12.8 Å². The third-order valence-electron chi connectivity index (χ3n) is 3.98. The van der Waals surface area contributed by atoms with Crippen LogP contribution in [0.1, 0.15) is 38.5 Å². The van der Waals surface area contributed by atoms with Crippen LogP contribution in [0.15, 0.2) is 0 Å². The van der Waals surface area contributed by atoms with Gasteiger partial charge in [0.25, 0.3) is 0 Å². The van der Waals surface area contributed by atoms with Crippen molar-refractivity contribution in [3.05, 3.63) is 0 Å². The lowest BCUT2D eigenvalue weighted by Crippen LogP contribution is -2.52. The number of methoxy groups -OCH3 is 1. The van der Waals surface area contributed by atoms with Gasteiger partial charge in [-0.25, -0.2) is 4.79 Å². The Morgan fingerprint density at radius 3 is 2.75 bits per heavy atom. The number of morpholine rings is 1. The number of carbonyl (C=O) groups excluding carboxylic acids is 2. The molecule has 0 aromatic carbocycles. The van der Waals surface area contributed by atoms with E-state index in [4.69, 9.17) is 4.74 Å². The summed E-state index contributed by atoms with van der Waals surface area (Å²) in [5.41, 5.74) is 0. The summed E-state index contributed by atoms with van der Waals surface area (Å²) >= 11 is 0. The van der Waals surface area contributed by atoms with E-state index in [-0.39, 0.29) is 24.5 Å². The standard InChI is InChI=1S/C14H24N2O4/c1-19-13(17)9-12-10-16(7-8-20-12)14(18)15-11-5-3-2-4-6-11/h11-12H,2-10H2,1H3,(H,15,18). The van der Waals surface area contributed by atoms with Gasteiger partial charge in [-0.1, -0.05) is 19.3 Å². The molecular weight excluding hydrogens is 260 g/mol. The molecule has 2 rings (SSSR count). The molecule has 0 spiro atoms. The summed E-state index contributed by atoms with van der Waals surface area (Å²) in [5, 5.41) is 3.09. The molecule has 1 unspecified atom stereocenters. The van der Waals surface area contributed by atoms with Crippen molar-refractivity contribution in [1.82, 2.24) is 10.2 Å². The predicted octanol–water partition coefficient (Wildman–Crippen LogP) is 1.29. The number of urea groups is 1. The molecule has 1 aliphatic heterocycles. The Bertz CT molecular complexity index is 342. The van der Waals surface area contributed by atoms with Gasteiger partial charge >= 0.3 is 12.0 Å². The second kappa shape index (κ2) is 7.47. The van der Waals surface area contributed by atoms with Crippen LogP contribution in [0.2, 0.25) is 0 Å². The average Bonchev–Trinajstić information content (AvgIpc) is 2.48. The van der Waals surface area contributed by atoms with Crippen molar-refractivity contribution in [2.75, 3.05) is 26.8 Å². The minimum absolute atomic E-state index is 0.0323. The Morgan fingerprint density at radius 2 is 2.05 bits per heavy atom. The molecule has 0 bridgehead atoms. The van der Waals surface area contributed by atoms with Gasteiger partial charge in [0, 0.05) is 19.1 Å². The van der Waals surface area contributed by atoms with Crippen molar-refractivity contribution in [3.63, 3.8) is 0 Å². The molecule has 6 heteroatoms. The van der Waals surface area contributed by atoms with E-state index in [1.54, 1.807) is 4.90 Å². The van der Waals surface area contributed by atoms with Crippen LogP contribution in [0.5, 0.6) is 0 Å². The summed E-state index contributed by atoms with van der Waals surface area (Å²) in [6.07, 6.45) is 5.74. The second-order valence-corrected chi connectivity index (χ2v) is 5.50. The van der Waals surface area contributed by atoms with Crippen molar-refractivity contribution in [2.45, 2.75) is 50.7 Å². The lowest BCUT2D eigenvalue weighted by molar-refractivity contribution is -0.145. The van der Waals surface area contributed by atoms with Crippen molar-refractivity contribution < 1.29 is 19.1 Å². The first kappa shape index (κ1) is 15.1. The van der Waals surface area contributed by atoms with Crippen LogP contribution >= 0.6 is 0 Å². The molecule has 2 aliphatic rings. The topological polar surface area (TPSA) is 67.9 Å². The van der Waals surface area contributed by atoms with Crippen molar-refractivity contribution in [1.29, 1.82) is 0 Å². The molecule has 6 nitrogen and oxygen atoms in total. The summed E-state index contributed by atoms with van der Waals surface area (Å²) < 4.78 is 10.1. The van der Waals surface area contributed by atoms with Gasteiger partial charge < -0.3 is 19.7 Å². The summed E-state index contributed by atoms with van der Waals surface area (Å²) in [6, 6.07) is 0.271. The molecule has 1 saturated heterocycles. The van der Waals surface area contributed by atoms with E-state index in [2.05, 4.69) is 10.1 Å². The molecule has 114 valence electrons. The third-order valence-corrected chi connectivity index (χ3v) is 3.98. The van der Waals surface area contributed by atoms with E-state index in [1.165, 1.54) is 26.4 Å². The maximum absolute atomic E-state index is 12.2. The fraction of sp³-hybridized carbons (Fsp3) is 0.857. The quantitative estimate of drug-likeness (QED) is 0.793. The van der Waals surface area contributed by atoms with Crippen LogP contribution in [0.4, 0.5) is 4.79 Å². The first-order valence-corrected chi connectivity index (χ1v) is 7.43. The zero-order valence-corrected chi connectivity index (χ0v) is 12.1. The monoisotopic (exact) mass is 284 g/mol. The number of amides is 2. The van der Waals surface area contributed by atoms with Gasteiger partial charge in [-0.3, -0.25) is 4.79 Å². The van der Waals surface area contributed by atoms with E-state index in [1.807, 2.05) is 0 Å². The van der Waals surface area contributed by atoms with Gasteiger partial charge in [-0.2, -0.15) is 0 Å². The smallest absolute Gasteiger partial charge is 0.317 e. The van der Waals surface area contributed by atoms with Crippen LogP contribution in [-0.2, 0) is 14.3 Å². The fourth-order valence-corrected chi connectivity index (χ4v) is 2.81. The summed E-state index contributed by atoms with van der Waals surface area (Å²) in [7, 11) is 1.36. The Labute approximate surface area is 119 Å². The number of ether oxygens (including phenoxy) is 2. The molecule has 1 atom stereocenters. The van der Waals surface area contributed by atoms with Gasteiger partial charge in [0.2, 0.25) is 0 Å². The number of nitrogens with one attached hydrogen (secondary N) is 1. The number of hydrogen-bond acceptors (Lipinski definition) is 4. The van der Waals surface area contributed by atoms with E-state index in [9.17, 15) is 9.59 Å². The molecule has 0 aromatic heterocycles. The van der Waals surface area contributed by atoms with Crippen LogP contribution in [-0.4, -0.2) is 55.9 Å². The Hall–Kier alpha value is -1.30. The maximum Gasteiger partial charge on any atom is 0.317 e. The van der Waals surface area contributed by atoms with Crippen molar-refractivity contribution in [2.24, 2.45) is 0 Å². The highest BCUT2D eigenvalue weighted by atomic mass is 16.5. The number of carbonyl (C=O) groups is 2. The van der Waals surface area contributed by atoms with Gasteiger partial charge in [-0.05, 0) is 12.8 Å². The zero-order chi connectivity index (χ0) is 14.4. The van der Waals surface area contributed by atoms with Crippen LogP contribution in [0.3, 0.4) is 0 Å². The highest BCUT2D eigenvalue weighted by molar-refractivity contribution is 5.75. The van der Waals surface area contributed by atoms with Gasteiger partial charge in [-0.15, -0.1) is 0 Å². The van der Waals surface area contributed by atoms with Crippen LogP contribution in [0.25, 0.3) is 0 Å². The molecule has 0 radical (unpaired) electrons. The maximum atomic E-state index is 12.2. The third kappa shape index (κ3) is 4.37. The molecule has 2 amide bonds. The van der Waals surface area contributed by atoms with Gasteiger partial charge in [0.05, 0.1) is 26.2 Å². The summed E-state index contributed by atoms with van der Waals surface area (Å²) in [5.74, 6) is -0.301. The zero-order valence-electron chi connectivity index (χ0n) is 12.1. The SMILES string of the molecule is COC(=O)CC1CN(C(=O)NC2CCCCC2)CCO1. The Morgan fingerprint density at radius 1 is 1.30 bits per heavy atom. The minimum atomic E-state index is -0.301. The van der Waals surface area contributed by atoms with E-state index in [0.29, 0.717) is 25.7 Å². The number of esters is 1. The molecule has 20 heavy (non-hydrogen) atoms. The Balaban J connectivity index is 1.78. The Kier molecular flexibility index (Phi) is 5.64. The molecular formula is C14H24N2O4. The van der Waals surface area contributed by atoms with Crippen LogP contribution < -0.4 is 5.32 Å². The van der Waals surface area contributed by atoms with Crippen LogP contribution in [0, 0.1) is 0 Å². The highest BCUT2D eigenvalue weighted by Gasteiger charge is 2.27. The first-order valence-electron chi connectivity index (χ1n) is 7.43. The van der Waals surface area contributed by atoms with Crippen molar-refractivity contribution >= 4 is 12.0 Å². The molecule has 1 heterocycles.